The van der Waals surface area contributed by atoms with Crippen molar-refractivity contribution < 1.29 is 129 Å². The molecule has 66 heavy (non-hydrogen) atoms. The van der Waals surface area contributed by atoms with Crippen molar-refractivity contribution in [2.24, 2.45) is 0 Å². The third-order valence-corrected chi connectivity index (χ3v) is 11.7. The Labute approximate surface area is 363 Å². The van der Waals surface area contributed by atoms with E-state index in [1.165, 1.54) is 0 Å². The van der Waals surface area contributed by atoms with E-state index in [0.717, 1.165) is 0 Å². The summed E-state index contributed by atoms with van der Waals surface area (Å²) in [4.78, 5) is 71.3. The predicted molar refractivity (Wildman–Crippen MR) is 200 cm³/mol. The molecule has 0 spiro atoms. The van der Waals surface area contributed by atoms with Crippen molar-refractivity contribution in [3.8, 4) is 80.1 Å². The minimum absolute atomic E-state index is 0.387. The average Bonchev–Trinajstić information content (AvgIpc) is 3.69. The number of aliphatic hydroxyl groups excluding tert-OH is 1. The molecule has 346 valence electrons. The van der Waals surface area contributed by atoms with Crippen LogP contribution in [0.1, 0.15) is 59.3 Å². The van der Waals surface area contributed by atoms with E-state index in [4.69, 9.17) is 33.2 Å². The summed E-state index contributed by atoms with van der Waals surface area (Å²) in [5, 5.41) is 151. The molecule has 4 unspecified atom stereocenters. The average molecular weight is 927 g/mol. The van der Waals surface area contributed by atoms with Gasteiger partial charge in [-0.25, -0.2) is 24.0 Å². The standard InChI is InChI=1S/C40H30O26/c41-12-1-8(2-13(42)22(12)47)33(53)65-37-31-30-28(62-36(56)11-5-16(45)25(50)29-21(11)32-39(58,38(57)64-31)6-18(46)40(32,59)66-29)17(61-37)7-60-34(54)9-3-14(43)23(48)26(51)19(9)20-10(35(55)63-30)4-15(44)24(49)27(20)52/h1-5,17-18,28,30-32,37,41-52,58-59H,6-7H2/t17-,18?,28-,30+,31-,32?,37+,39?,40?/m1/s1. The molecule has 4 aromatic rings. The molecule has 26 heteroatoms. The Kier molecular flexibility index (Phi) is 9.33. The molecule has 4 aromatic carbocycles. The lowest BCUT2D eigenvalue weighted by molar-refractivity contribution is -0.291. The lowest BCUT2D eigenvalue weighted by atomic mass is 9.81. The van der Waals surface area contributed by atoms with E-state index in [2.05, 4.69) is 0 Å². The smallest absolute Gasteiger partial charge is 0.340 e. The molecule has 5 aliphatic rings. The van der Waals surface area contributed by atoms with E-state index in [0.29, 0.717) is 30.3 Å². The van der Waals surface area contributed by atoms with Crippen LogP contribution in [0.2, 0.25) is 0 Å². The Morgan fingerprint density at radius 1 is 0.606 bits per heavy atom. The lowest BCUT2D eigenvalue weighted by Crippen LogP contribution is -2.64. The molecule has 4 heterocycles. The van der Waals surface area contributed by atoms with E-state index in [9.17, 15) is 95.5 Å². The van der Waals surface area contributed by atoms with Gasteiger partial charge in [0.1, 0.15) is 18.8 Å². The molecule has 26 nitrogen and oxygen atoms in total. The Morgan fingerprint density at radius 2 is 1.12 bits per heavy atom. The second-order valence-electron chi connectivity index (χ2n) is 15.5. The number of benzene rings is 4. The highest BCUT2D eigenvalue weighted by Crippen LogP contribution is 2.62. The highest BCUT2D eigenvalue weighted by molar-refractivity contribution is 6.08. The number of rotatable bonds is 2. The molecule has 4 bridgehead atoms. The number of esters is 5. The summed E-state index contributed by atoms with van der Waals surface area (Å²) >= 11 is 0. The van der Waals surface area contributed by atoms with Gasteiger partial charge in [-0.1, -0.05) is 0 Å². The normalized spacial score (nSPS) is 28.6. The first-order valence-electron chi connectivity index (χ1n) is 18.9. The minimum atomic E-state index is -3.26. The van der Waals surface area contributed by atoms with Crippen LogP contribution < -0.4 is 4.74 Å². The summed E-state index contributed by atoms with van der Waals surface area (Å²) in [5.41, 5.74) is -9.99. The maximum Gasteiger partial charge on any atom is 0.340 e. The molecular formula is C40H30O26. The van der Waals surface area contributed by atoms with Gasteiger partial charge in [-0.05, 0) is 30.3 Å². The maximum absolute atomic E-state index is 14.6. The zero-order valence-electron chi connectivity index (χ0n) is 32.5. The maximum atomic E-state index is 14.6. The number of carbonyl (C=O) groups excluding carboxylic acids is 5. The monoisotopic (exact) mass is 926 g/mol. The summed E-state index contributed by atoms with van der Waals surface area (Å²) in [6.45, 7) is -1.25. The van der Waals surface area contributed by atoms with Crippen LogP contribution in [0.3, 0.4) is 0 Å². The number of phenols is 11. The first-order chi connectivity index (χ1) is 31.0. The van der Waals surface area contributed by atoms with Crippen LogP contribution >= 0.6 is 0 Å². The van der Waals surface area contributed by atoms with Gasteiger partial charge < -0.3 is 105 Å². The van der Waals surface area contributed by atoms with Gasteiger partial charge in [-0.15, -0.1) is 0 Å². The molecule has 1 saturated carbocycles. The summed E-state index contributed by atoms with van der Waals surface area (Å²) < 4.78 is 39.3. The van der Waals surface area contributed by atoms with Crippen LogP contribution in [-0.2, 0) is 33.2 Å². The Morgan fingerprint density at radius 3 is 1.73 bits per heavy atom. The number of cyclic esters (lactones) is 1. The number of carbonyl (C=O) groups is 5. The van der Waals surface area contributed by atoms with Gasteiger partial charge in [0.25, 0.3) is 0 Å². The van der Waals surface area contributed by atoms with E-state index in [-0.39, 0.29) is 0 Å². The third-order valence-electron chi connectivity index (χ3n) is 11.7. The van der Waals surface area contributed by atoms with Crippen LogP contribution in [0.4, 0.5) is 0 Å². The molecule has 1 aliphatic carbocycles. The van der Waals surface area contributed by atoms with Gasteiger partial charge in [-0.2, -0.15) is 0 Å². The molecule has 4 aliphatic heterocycles. The van der Waals surface area contributed by atoms with Gasteiger partial charge >= 0.3 is 29.8 Å². The van der Waals surface area contributed by atoms with Gasteiger partial charge in [0.15, 0.2) is 69.6 Å². The van der Waals surface area contributed by atoms with Crippen molar-refractivity contribution in [1.82, 2.24) is 0 Å². The van der Waals surface area contributed by atoms with Crippen molar-refractivity contribution in [1.29, 1.82) is 0 Å². The van der Waals surface area contributed by atoms with E-state index < -0.39 is 205 Å². The first-order valence-corrected chi connectivity index (χ1v) is 18.9. The largest absolute Gasteiger partial charge is 0.504 e. The van der Waals surface area contributed by atoms with Gasteiger partial charge in [0.05, 0.1) is 28.2 Å². The number of hydrogen-bond acceptors (Lipinski definition) is 26. The zero-order valence-corrected chi connectivity index (χ0v) is 32.5. The van der Waals surface area contributed by atoms with E-state index in [1.807, 2.05) is 0 Å². The number of phenolic OH excluding ortho intramolecular Hbond substituents is 11. The number of aliphatic hydroxyl groups is 3. The predicted octanol–water partition coefficient (Wildman–Crippen LogP) is -0.796. The van der Waals surface area contributed by atoms with Crippen molar-refractivity contribution in [2.45, 2.75) is 60.5 Å². The minimum Gasteiger partial charge on any atom is -0.504 e. The molecule has 9 rings (SSSR count). The number of aromatic hydroxyl groups is 11. The third kappa shape index (κ3) is 5.99. The van der Waals surface area contributed by atoms with Gasteiger partial charge in [0.2, 0.25) is 35.4 Å². The fraction of sp³-hybridized carbons (Fsp3) is 0.275. The Balaban J connectivity index is 1.28. The van der Waals surface area contributed by atoms with Crippen LogP contribution in [0.5, 0.6) is 69.0 Å². The molecule has 9 atom stereocenters. The SMILES string of the molecule is O=C(O[C@@H]1O[C@@H]2COC(=O)c3cc(O)c(O)c(O)c3-c3c(cc(O)c(O)c3O)C(=O)O[C@@H]3[C@H]1OC(=O)C1(O)CC(O)C4(O)Oc5c(O)c(O)cc(c5C14)C(=O)O[C@@H]32)c1cc(O)c(O)c(O)c1. The van der Waals surface area contributed by atoms with Crippen molar-refractivity contribution in [3.05, 3.63) is 58.1 Å². The summed E-state index contributed by atoms with van der Waals surface area (Å²) in [5.74, 6) is -28.7. The van der Waals surface area contributed by atoms with Gasteiger partial charge in [-0.3, -0.25) is 0 Å². The van der Waals surface area contributed by atoms with E-state index >= 15 is 0 Å². The van der Waals surface area contributed by atoms with Crippen LogP contribution in [-0.4, -0.2) is 156 Å². The zero-order chi connectivity index (χ0) is 47.8. The van der Waals surface area contributed by atoms with Gasteiger partial charge in [0, 0.05) is 23.1 Å². The Bertz CT molecular complexity index is 2850. The molecule has 2 fully saturated rings. The topological polar surface area (TPSA) is 433 Å². The first kappa shape index (κ1) is 42.9. The van der Waals surface area contributed by atoms with Crippen LogP contribution in [0.25, 0.3) is 11.1 Å². The number of fused-ring (bicyclic) bond motifs is 3. The highest BCUT2D eigenvalue weighted by Gasteiger charge is 2.73. The molecule has 0 radical (unpaired) electrons. The molecule has 1 saturated heterocycles. The molecule has 0 aromatic heterocycles. The van der Waals surface area contributed by atoms with Crippen LogP contribution in [0.15, 0.2) is 30.3 Å². The highest BCUT2D eigenvalue weighted by atomic mass is 16.8. The summed E-state index contributed by atoms with van der Waals surface area (Å²) in [6, 6.07) is 2.54. The molecular weight excluding hydrogens is 896 g/mol. The van der Waals surface area contributed by atoms with Crippen molar-refractivity contribution in [3.63, 3.8) is 0 Å². The number of hydrogen-bond donors (Lipinski definition) is 14. The Hall–Kier alpha value is -8.33. The second-order valence-corrected chi connectivity index (χ2v) is 15.5. The lowest BCUT2D eigenvalue weighted by Gasteiger charge is -2.44. The second kappa shape index (κ2) is 14.3. The summed E-state index contributed by atoms with van der Waals surface area (Å²) in [6.07, 6.45) is -15.6. The fourth-order valence-electron chi connectivity index (χ4n) is 8.60. The summed E-state index contributed by atoms with van der Waals surface area (Å²) in [7, 11) is 0. The quantitative estimate of drug-likeness (QED) is 0.0665. The van der Waals surface area contributed by atoms with Crippen molar-refractivity contribution in [2.75, 3.05) is 6.61 Å². The number of ether oxygens (including phenoxy) is 7. The fourth-order valence-corrected chi connectivity index (χ4v) is 8.60. The van der Waals surface area contributed by atoms with Crippen LogP contribution in [0, 0.1) is 0 Å². The van der Waals surface area contributed by atoms with Crippen molar-refractivity contribution >= 4 is 29.8 Å². The molecule has 14 N–H and O–H groups in total. The molecule has 0 amide bonds. The van der Waals surface area contributed by atoms with E-state index in [1.54, 1.807) is 0 Å².